The van der Waals surface area contributed by atoms with Crippen molar-refractivity contribution < 1.29 is 14.2 Å². The third kappa shape index (κ3) is 8.41. The van der Waals surface area contributed by atoms with Crippen LogP contribution in [0.2, 0.25) is 0 Å². The molecule has 0 radical (unpaired) electrons. The molecule has 0 spiro atoms. The molecule has 2 aromatic rings. The number of para-hydroxylation sites is 1. The van der Waals surface area contributed by atoms with Crippen molar-refractivity contribution in [2.24, 2.45) is 4.99 Å². The normalized spacial score (nSPS) is 11.3. The first-order valence-electron chi connectivity index (χ1n) is 9.59. The van der Waals surface area contributed by atoms with E-state index in [2.05, 4.69) is 33.8 Å². The zero-order chi connectivity index (χ0) is 19.9. The highest BCUT2D eigenvalue weighted by Crippen LogP contribution is 2.19. The summed E-state index contributed by atoms with van der Waals surface area (Å²) in [7, 11) is 3.44. The summed E-state index contributed by atoms with van der Waals surface area (Å²) < 4.78 is 16.4. The zero-order valence-corrected chi connectivity index (χ0v) is 16.8. The molecule has 152 valence electrons. The number of ether oxygens (including phenoxy) is 3. The number of guanidine groups is 1. The van der Waals surface area contributed by atoms with Crippen LogP contribution < -0.4 is 15.4 Å². The predicted octanol–water partition coefficient (Wildman–Crippen LogP) is 2.98. The predicted molar refractivity (Wildman–Crippen MR) is 113 cm³/mol. The molecule has 6 heteroatoms. The number of benzene rings is 2. The maximum absolute atomic E-state index is 6.01. The SMILES string of the molecule is CN=C(NCCCOCCOC)NCc1ccccc1OCc1ccccc1. The molecule has 2 rings (SSSR count). The molecule has 0 heterocycles. The second-order valence-corrected chi connectivity index (χ2v) is 6.19. The lowest BCUT2D eigenvalue weighted by Crippen LogP contribution is -2.37. The van der Waals surface area contributed by atoms with E-state index in [1.807, 2.05) is 36.4 Å². The lowest BCUT2D eigenvalue weighted by atomic mass is 10.2. The molecule has 2 aromatic carbocycles. The Kier molecular flexibility index (Phi) is 10.5. The van der Waals surface area contributed by atoms with E-state index in [9.17, 15) is 0 Å². The molecule has 0 aliphatic carbocycles. The van der Waals surface area contributed by atoms with E-state index < -0.39 is 0 Å². The molecule has 0 aliphatic rings. The van der Waals surface area contributed by atoms with E-state index in [4.69, 9.17) is 14.2 Å². The fourth-order valence-electron chi connectivity index (χ4n) is 2.55. The van der Waals surface area contributed by atoms with Crippen molar-refractivity contribution in [2.45, 2.75) is 19.6 Å². The highest BCUT2D eigenvalue weighted by molar-refractivity contribution is 5.79. The van der Waals surface area contributed by atoms with Gasteiger partial charge in [0.2, 0.25) is 0 Å². The van der Waals surface area contributed by atoms with E-state index in [-0.39, 0.29) is 0 Å². The first kappa shape index (κ1) is 21.7. The topological polar surface area (TPSA) is 64.1 Å². The lowest BCUT2D eigenvalue weighted by molar-refractivity contribution is 0.0698. The Labute approximate surface area is 167 Å². The number of rotatable bonds is 12. The van der Waals surface area contributed by atoms with Crippen LogP contribution in [0.1, 0.15) is 17.5 Å². The van der Waals surface area contributed by atoms with Gasteiger partial charge in [0.15, 0.2) is 5.96 Å². The van der Waals surface area contributed by atoms with E-state index in [0.717, 1.165) is 35.8 Å². The van der Waals surface area contributed by atoms with Crippen LogP contribution in [-0.4, -0.2) is 46.5 Å². The van der Waals surface area contributed by atoms with Crippen LogP contribution in [0.25, 0.3) is 0 Å². The minimum Gasteiger partial charge on any atom is -0.489 e. The monoisotopic (exact) mass is 385 g/mol. The van der Waals surface area contributed by atoms with Crippen molar-refractivity contribution in [1.82, 2.24) is 10.6 Å². The summed E-state index contributed by atoms with van der Waals surface area (Å²) in [6.45, 7) is 3.93. The fraction of sp³-hybridized carbons (Fsp3) is 0.409. The molecule has 0 aromatic heterocycles. The number of nitrogens with one attached hydrogen (secondary N) is 2. The molecule has 0 saturated heterocycles. The highest BCUT2D eigenvalue weighted by Gasteiger charge is 2.05. The molecule has 6 nitrogen and oxygen atoms in total. The molecule has 28 heavy (non-hydrogen) atoms. The summed E-state index contributed by atoms with van der Waals surface area (Å²) in [6.07, 6.45) is 0.904. The maximum Gasteiger partial charge on any atom is 0.191 e. The molecule has 0 bridgehead atoms. The summed E-state index contributed by atoms with van der Waals surface area (Å²) >= 11 is 0. The second-order valence-electron chi connectivity index (χ2n) is 6.19. The van der Waals surface area contributed by atoms with Crippen molar-refractivity contribution in [3.05, 3.63) is 65.7 Å². The molecule has 0 fully saturated rings. The van der Waals surface area contributed by atoms with Gasteiger partial charge in [0.05, 0.1) is 13.2 Å². The first-order valence-corrected chi connectivity index (χ1v) is 9.59. The lowest BCUT2D eigenvalue weighted by Gasteiger charge is -2.15. The maximum atomic E-state index is 6.01. The first-order chi connectivity index (χ1) is 13.8. The van der Waals surface area contributed by atoms with Crippen LogP contribution in [0.5, 0.6) is 5.75 Å². The van der Waals surface area contributed by atoms with Gasteiger partial charge in [-0.3, -0.25) is 4.99 Å². The third-order valence-electron chi connectivity index (χ3n) is 4.07. The number of hydrogen-bond acceptors (Lipinski definition) is 4. The Morgan fingerprint density at radius 3 is 2.50 bits per heavy atom. The zero-order valence-electron chi connectivity index (χ0n) is 16.8. The van der Waals surface area contributed by atoms with E-state index in [0.29, 0.717) is 33.0 Å². The Hall–Kier alpha value is -2.57. The molecule has 0 atom stereocenters. The number of hydrogen-bond donors (Lipinski definition) is 2. The molecule has 0 amide bonds. The third-order valence-corrected chi connectivity index (χ3v) is 4.07. The van der Waals surface area contributed by atoms with Gasteiger partial charge in [0, 0.05) is 39.4 Å². The summed E-state index contributed by atoms with van der Waals surface area (Å²) in [5, 5.41) is 6.63. The van der Waals surface area contributed by atoms with Crippen LogP contribution >= 0.6 is 0 Å². The summed E-state index contributed by atoms with van der Waals surface area (Å²) in [6, 6.07) is 18.2. The fourth-order valence-corrected chi connectivity index (χ4v) is 2.55. The molecule has 0 aliphatic heterocycles. The summed E-state index contributed by atoms with van der Waals surface area (Å²) in [5.41, 5.74) is 2.24. The number of aliphatic imine (C=N–C) groups is 1. The van der Waals surface area contributed by atoms with Crippen molar-refractivity contribution in [3.8, 4) is 5.75 Å². The number of nitrogens with zero attached hydrogens (tertiary/aromatic N) is 1. The minimum atomic E-state index is 0.550. The molecule has 2 N–H and O–H groups in total. The molecule has 0 saturated carbocycles. The van der Waals surface area contributed by atoms with E-state index in [1.54, 1.807) is 14.2 Å². The second kappa shape index (κ2) is 13.6. The Bertz CT molecular complexity index is 692. The Morgan fingerprint density at radius 1 is 0.929 bits per heavy atom. The van der Waals surface area contributed by atoms with Crippen LogP contribution in [0.3, 0.4) is 0 Å². The van der Waals surface area contributed by atoms with E-state index in [1.165, 1.54) is 0 Å². The molecular weight excluding hydrogens is 354 g/mol. The van der Waals surface area contributed by atoms with Gasteiger partial charge in [-0.15, -0.1) is 0 Å². The minimum absolute atomic E-state index is 0.550. The van der Waals surface area contributed by atoms with Gasteiger partial charge < -0.3 is 24.8 Å². The molecular formula is C22H31N3O3. The largest absolute Gasteiger partial charge is 0.489 e. The van der Waals surface area contributed by atoms with Crippen LogP contribution in [0.4, 0.5) is 0 Å². The standard InChI is InChI=1S/C22H31N3O3/c1-23-22(24-13-8-14-27-16-15-26-2)25-17-20-11-6-7-12-21(20)28-18-19-9-4-3-5-10-19/h3-7,9-12H,8,13-18H2,1-2H3,(H2,23,24,25). The van der Waals surface area contributed by atoms with Crippen LogP contribution in [0.15, 0.2) is 59.6 Å². The van der Waals surface area contributed by atoms with Gasteiger partial charge >= 0.3 is 0 Å². The summed E-state index contributed by atoms with van der Waals surface area (Å²) in [5.74, 6) is 1.63. The van der Waals surface area contributed by atoms with Crippen molar-refractivity contribution in [1.29, 1.82) is 0 Å². The average Bonchev–Trinajstić information content (AvgIpc) is 2.75. The Balaban J connectivity index is 1.74. The summed E-state index contributed by atoms with van der Waals surface area (Å²) in [4.78, 5) is 4.27. The highest BCUT2D eigenvalue weighted by atomic mass is 16.5. The van der Waals surface area contributed by atoms with Crippen molar-refractivity contribution >= 4 is 5.96 Å². The van der Waals surface area contributed by atoms with E-state index >= 15 is 0 Å². The van der Waals surface area contributed by atoms with Gasteiger partial charge in [0.25, 0.3) is 0 Å². The van der Waals surface area contributed by atoms with Gasteiger partial charge in [-0.1, -0.05) is 48.5 Å². The van der Waals surface area contributed by atoms with Crippen molar-refractivity contribution in [3.63, 3.8) is 0 Å². The van der Waals surface area contributed by atoms with Crippen LogP contribution in [0, 0.1) is 0 Å². The molecule has 0 unspecified atom stereocenters. The number of methoxy groups -OCH3 is 1. The van der Waals surface area contributed by atoms with Crippen molar-refractivity contribution in [2.75, 3.05) is 40.5 Å². The van der Waals surface area contributed by atoms with Gasteiger partial charge in [-0.2, -0.15) is 0 Å². The Morgan fingerprint density at radius 2 is 1.71 bits per heavy atom. The van der Waals surface area contributed by atoms with Gasteiger partial charge in [-0.25, -0.2) is 0 Å². The quantitative estimate of drug-likeness (QED) is 0.334. The van der Waals surface area contributed by atoms with Crippen LogP contribution in [-0.2, 0) is 22.6 Å². The van der Waals surface area contributed by atoms with Gasteiger partial charge in [0.1, 0.15) is 12.4 Å². The van der Waals surface area contributed by atoms with Gasteiger partial charge in [-0.05, 0) is 18.1 Å². The smallest absolute Gasteiger partial charge is 0.191 e. The average molecular weight is 386 g/mol.